The molecule has 0 spiro atoms. The highest BCUT2D eigenvalue weighted by atomic mass is 16.6. The average Bonchev–Trinajstić information content (AvgIpc) is 2.63. The van der Waals surface area contributed by atoms with Crippen LogP contribution < -0.4 is 10.1 Å². The van der Waals surface area contributed by atoms with E-state index in [1.165, 1.54) is 25.5 Å². The van der Waals surface area contributed by atoms with Crippen LogP contribution in [0.5, 0.6) is 5.75 Å². The summed E-state index contributed by atoms with van der Waals surface area (Å²) in [5, 5.41) is 2.92. The van der Waals surface area contributed by atoms with Gasteiger partial charge in [0, 0.05) is 11.9 Å². The third-order valence-electron chi connectivity index (χ3n) is 3.49. The van der Waals surface area contributed by atoms with Crippen LogP contribution in [0.4, 0.5) is 5.69 Å². The van der Waals surface area contributed by atoms with Gasteiger partial charge in [0.2, 0.25) is 0 Å². The molecule has 1 aromatic rings. The van der Waals surface area contributed by atoms with Crippen molar-refractivity contribution in [3.05, 3.63) is 36.0 Å². The molecule has 26 heavy (non-hydrogen) atoms. The van der Waals surface area contributed by atoms with Crippen LogP contribution in [0.2, 0.25) is 0 Å². The number of carbonyl (C=O) groups excluding carboxylic acids is 2. The molecule has 1 N–H and O–H groups in total. The minimum Gasteiger partial charge on any atom is -0.494 e. The molecule has 0 fully saturated rings. The highest BCUT2D eigenvalue weighted by molar-refractivity contribution is 6.14. The molecule has 6 heteroatoms. The summed E-state index contributed by atoms with van der Waals surface area (Å²) < 4.78 is 15.4. The maximum absolute atomic E-state index is 11.9. The topological polar surface area (TPSA) is 73.9 Å². The quantitative estimate of drug-likeness (QED) is 0.198. The Bertz CT molecular complexity index is 560. The molecule has 0 aliphatic rings. The monoisotopic (exact) mass is 363 g/mol. The molecule has 144 valence electrons. The summed E-state index contributed by atoms with van der Waals surface area (Å²) in [6.45, 7) is 6.59. The highest BCUT2D eigenvalue weighted by Gasteiger charge is 2.20. The fourth-order valence-corrected chi connectivity index (χ4v) is 2.14. The summed E-state index contributed by atoms with van der Waals surface area (Å²) in [6.07, 6.45) is 5.94. The van der Waals surface area contributed by atoms with Gasteiger partial charge in [-0.1, -0.05) is 26.2 Å². The summed E-state index contributed by atoms with van der Waals surface area (Å²) in [6, 6.07) is 7.30. The van der Waals surface area contributed by atoms with Crippen molar-refractivity contribution in [3.8, 4) is 5.75 Å². The molecule has 0 amide bonds. The van der Waals surface area contributed by atoms with Gasteiger partial charge in [-0.15, -0.1) is 0 Å². The second-order valence-corrected chi connectivity index (χ2v) is 5.58. The van der Waals surface area contributed by atoms with Crippen molar-refractivity contribution in [2.24, 2.45) is 0 Å². The Morgan fingerprint density at radius 1 is 0.923 bits per heavy atom. The van der Waals surface area contributed by atoms with E-state index in [1.54, 1.807) is 13.8 Å². The number of anilines is 1. The molecule has 0 radical (unpaired) electrons. The number of nitrogens with one attached hydrogen (secondary N) is 1. The number of hydrogen-bond donors (Lipinski definition) is 1. The Hall–Kier alpha value is -2.50. The summed E-state index contributed by atoms with van der Waals surface area (Å²) in [5.41, 5.74) is 0.541. The first-order valence-electron chi connectivity index (χ1n) is 9.16. The van der Waals surface area contributed by atoms with Crippen LogP contribution in [-0.4, -0.2) is 31.8 Å². The minimum absolute atomic E-state index is 0.176. The van der Waals surface area contributed by atoms with Gasteiger partial charge < -0.3 is 19.5 Å². The van der Waals surface area contributed by atoms with Crippen LogP contribution in [0.25, 0.3) is 0 Å². The molecule has 0 bridgehead atoms. The van der Waals surface area contributed by atoms with Crippen LogP contribution in [0.1, 0.15) is 46.5 Å². The molecule has 0 aliphatic carbocycles. The number of hydrogen-bond acceptors (Lipinski definition) is 6. The minimum atomic E-state index is -0.717. The molecule has 1 aromatic carbocycles. The second kappa shape index (κ2) is 12.8. The van der Waals surface area contributed by atoms with Crippen molar-refractivity contribution in [2.75, 3.05) is 25.1 Å². The molecule has 0 saturated heterocycles. The Morgan fingerprint density at radius 3 is 2.08 bits per heavy atom. The number of esters is 2. The van der Waals surface area contributed by atoms with E-state index in [4.69, 9.17) is 14.2 Å². The Balaban J connectivity index is 2.62. The largest absolute Gasteiger partial charge is 0.494 e. The van der Waals surface area contributed by atoms with Crippen molar-refractivity contribution in [1.29, 1.82) is 0 Å². The van der Waals surface area contributed by atoms with E-state index in [-0.39, 0.29) is 18.8 Å². The first-order valence-corrected chi connectivity index (χ1v) is 9.16. The van der Waals surface area contributed by atoms with Crippen LogP contribution >= 0.6 is 0 Å². The van der Waals surface area contributed by atoms with Gasteiger partial charge in [0.25, 0.3) is 0 Å². The van der Waals surface area contributed by atoms with Gasteiger partial charge in [-0.05, 0) is 44.5 Å². The predicted octanol–water partition coefficient (Wildman–Crippen LogP) is 4.07. The molecule has 1 rings (SSSR count). The van der Waals surface area contributed by atoms with Crippen molar-refractivity contribution in [3.63, 3.8) is 0 Å². The lowest BCUT2D eigenvalue weighted by atomic mass is 10.2. The lowest BCUT2D eigenvalue weighted by molar-refractivity contribution is -0.146. The zero-order valence-corrected chi connectivity index (χ0v) is 15.9. The maximum Gasteiger partial charge on any atom is 0.347 e. The van der Waals surface area contributed by atoms with E-state index >= 15 is 0 Å². The van der Waals surface area contributed by atoms with Crippen LogP contribution in [0, 0.1) is 0 Å². The zero-order chi connectivity index (χ0) is 19.2. The smallest absolute Gasteiger partial charge is 0.347 e. The molecule has 0 atom stereocenters. The van der Waals surface area contributed by atoms with Crippen LogP contribution in [0.15, 0.2) is 36.0 Å². The predicted molar refractivity (Wildman–Crippen MR) is 101 cm³/mol. The van der Waals surface area contributed by atoms with Crippen LogP contribution in [-0.2, 0) is 19.1 Å². The Kier molecular flexibility index (Phi) is 10.6. The fraction of sp³-hybridized carbons (Fsp3) is 0.500. The normalized spacial score (nSPS) is 9.96. The van der Waals surface area contributed by atoms with E-state index in [9.17, 15) is 9.59 Å². The lowest BCUT2D eigenvalue weighted by Crippen LogP contribution is -2.19. The Morgan fingerprint density at radius 2 is 1.54 bits per heavy atom. The van der Waals surface area contributed by atoms with E-state index in [2.05, 4.69) is 12.2 Å². The molecule has 0 heterocycles. The first-order chi connectivity index (χ1) is 12.6. The number of ether oxygens (including phenoxy) is 3. The van der Waals surface area contributed by atoms with Gasteiger partial charge in [-0.2, -0.15) is 0 Å². The average molecular weight is 363 g/mol. The van der Waals surface area contributed by atoms with Gasteiger partial charge in [-0.3, -0.25) is 0 Å². The van der Waals surface area contributed by atoms with E-state index in [0.717, 1.165) is 17.9 Å². The molecular formula is C20H29NO5. The summed E-state index contributed by atoms with van der Waals surface area (Å²) in [4.78, 5) is 23.8. The van der Waals surface area contributed by atoms with E-state index in [1.807, 2.05) is 24.3 Å². The van der Waals surface area contributed by atoms with Gasteiger partial charge in [0.15, 0.2) is 5.57 Å². The van der Waals surface area contributed by atoms with Crippen molar-refractivity contribution < 1.29 is 23.8 Å². The Labute approximate surface area is 155 Å². The van der Waals surface area contributed by atoms with Crippen LogP contribution in [0.3, 0.4) is 0 Å². The van der Waals surface area contributed by atoms with Gasteiger partial charge in [-0.25, -0.2) is 9.59 Å². The fourth-order valence-electron chi connectivity index (χ4n) is 2.14. The van der Waals surface area contributed by atoms with Crippen molar-refractivity contribution >= 4 is 17.6 Å². The molecule has 0 saturated carbocycles. The third-order valence-corrected chi connectivity index (χ3v) is 3.49. The summed E-state index contributed by atoms with van der Waals surface area (Å²) in [5.74, 6) is -0.650. The van der Waals surface area contributed by atoms with Gasteiger partial charge in [0.1, 0.15) is 5.75 Å². The highest BCUT2D eigenvalue weighted by Crippen LogP contribution is 2.17. The maximum atomic E-state index is 11.9. The number of unbranched alkanes of at least 4 members (excludes halogenated alkanes) is 3. The summed E-state index contributed by atoms with van der Waals surface area (Å²) >= 11 is 0. The van der Waals surface area contributed by atoms with Gasteiger partial charge >= 0.3 is 11.9 Å². The number of rotatable bonds is 12. The number of benzene rings is 1. The van der Waals surface area contributed by atoms with Crippen molar-refractivity contribution in [2.45, 2.75) is 46.5 Å². The molecular weight excluding hydrogens is 334 g/mol. The summed E-state index contributed by atoms with van der Waals surface area (Å²) in [7, 11) is 0. The van der Waals surface area contributed by atoms with E-state index < -0.39 is 11.9 Å². The molecule has 0 unspecified atom stereocenters. The van der Waals surface area contributed by atoms with Crippen molar-refractivity contribution in [1.82, 2.24) is 0 Å². The van der Waals surface area contributed by atoms with Gasteiger partial charge in [0.05, 0.1) is 19.8 Å². The third kappa shape index (κ3) is 8.05. The van der Waals surface area contributed by atoms with E-state index in [0.29, 0.717) is 6.61 Å². The number of carbonyl (C=O) groups is 2. The second-order valence-electron chi connectivity index (χ2n) is 5.58. The lowest BCUT2D eigenvalue weighted by Gasteiger charge is -2.09. The zero-order valence-electron chi connectivity index (χ0n) is 15.9. The standard InChI is InChI=1S/C20H29NO5/c1-4-7-8-9-14-26-17-12-10-16(11-13-17)21-15-18(19(22)24-5-2)20(23)25-6-3/h10-13,15,21H,4-9,14H2,1-3H3. The molecule has 6 nitrogen and oxygen atoms in total. The molecule has 0 aromatic heterocycles. The first kappa shape index (κ1) is 21.5. The SMILES string of the molecule is CCCCCCOc1ccc(NC=C(C(=O)OCC)C(=O)OCC)cc1. The molecule has 0 aliphatic heterocycles.